The SMILES string of the molecule is c1ccc(-c2cccc(N(c3ccc4c5ccccc5c5ccccc5c5ccccc5c5cc6sc7ccccc7c6cc5c4c3)c3cccc4c3N(c3ccccc3)c3ccccc3-c3ccccc3-4)c2)cc1. The summed E-state index contributed by atoms with van der Waals surface area (Å²) in [7, 11) is 0. The van der Waals surface area contributed by atoms with Gasteiger partial charge in [0, 0.05) is 48.4 Å². The highest BCUT2D eigenvalue weighted by molar-refractivity contribution is 7.25. The summed E-state index contributed by atoms with van der Waals surface area (Å²) < 4.78 is 2.57. The second-order valence-corrected chi connectivity index (χ2v) is 20.6. The average Bonchev–Trinajstić information content (AvgIpc) is 3.84. The molecule has 0 atom stereocenters. The van der Waals surface area contributed by atoms with E-state index in [1.54, 1.807) is 0 Å². The lowest BCUT2D eigenvalue weighted by Gasteiger charge is -2.34. The second kappa shape index (κ2) is 17.6. The van der Waals surface area contributed by atoms with Crippen molar-refractivity contribution in [1.29, 1.82) is 0 Å². The maximum Gasteiger partial charge on any atom is 0.0781 e. The lowest BCUT2D eigenvalue weighted by atomic mass is 9.93. The van der Waals surface area contributed by atoms with Gasteiger partial charge < -0.3 is 9.80 Å². The van der Waals surface area contributed by atoms with Crippen LogP contribution in [0.2, 0.25) is 0 Å². The molecule has 0 bridgehead atoms. The number of thiophene rings is 1. The highest BCUT2D eigenvalue weighted by atomic mass is 32.1. The zero-order valence-electron chi connectivity index (χ0n) is 40.9. The van der Waals surface area contributed by atoms with E-state index in [1.165, 1.54) is 96.3 Å². The van der Waals surface area contributed by atoms with Gasteiger partial charge in [0.1, 0.15) is 0 Å². The Labute approximate surface area is 439 Å². The first kappa shape index (κ1) is 43.1. The van der Waals surface area contributed by atoms with Gasteiger partial charge in [0.2, 0.25) is 0 Å². The predicted molar refractivity (Wildman–Crippen MR) is 324 cm³/mol. The summed E-state index contributed by atoms with van der Waals surface area (Å²) in [5.41, 5.74) is 13.6. The molecule has 75 heavy (non-hydrogen) atoms. The minimum atomic E-state index is 1.05. The molecule has 0 saturated carbocycles. The fourth-order valence-electron chi connectivity index (χ4n) is 12.1. The first-order valence-electron chi connectivity index (χ1n) is 25.7. The summed E-state index contributed by atoms with van der Waals surface area (Å²) in [6.07, 6.45) is 0. The van der Waals surface area contributed by atoms with Gasteiger partial charge in [-0.15, -0.1) is 11.3 Å². The van der Waals surface area contributed by atoms with Crippen LogP contribution in [0, 0.1) is 0 Å². The summed E-state index contributed by atoms with van der Waals surface area (Å²) in [5.74, 6) is 0. The maximum absolute atomic E-state index is 2.52. The molecule has 350 valence electrons. The van der Waals surface area contributed by atoms with Gasteiger partial charge in [0.25, 0.3) is 0 Å². The molecule has 2 nitrogen and oxygen atoms in total. The van der Waals surface area contributed by atoms with E-state index < -0.39 is 0 Å². The molecule has 0 unspecified atom stereocenters. The number of hydrogen-bond donors (Lipinski definition) is 0. The standard InChI is InChI=1S/C72H46N2S/c1-3-21-47(22-4-1)48-23-19-26-50(43-48)73(69-39-20-37-63-58-33-13-12-32-57(58)61-35-15-17-38-68(61)74(72(63)69)49-24-5-2-6-25-49)51-41-42-60-56-31-10-9-29-54(56)52-27-7-8-28-53(52)55-30-11-14-34-59(55)66-46-71-67(45-65(66)64(60)44-51)62-36-16-18-40-70(62)75-71/h1-46H. The van der Waals surface area contributed by atoms with Gasteiger partial charge in [0.15, 0.2) is 0 Å². The molecule has 3 heteroatoms. The Balaban J connectivity index is 1.13. The largest absolute Gasteiger partial charge is 0.308 e. The van der Waals surface area contributed by atoms with Crippen molar-refractivity contribution < 1.29 is 0 Å². The number of para-hydroxylation sites is 3. The topological polar surface area (TPSA) is 6.48 Å². The van der Waals surface area contributed by atoms with E-state index in [1.807, 2.05) is 11.3 Å². The van der Waals surface area contributed by atoms with Gasteiger partial charge in [-0.05, 0) is 143 Å². The Morgan fingerprint density at radius 3 is 1.44 bits per heavy atom. The van der Waals surface area contributed by atoms with Gasteiger partial charge in [-0.2, -0.15) is 0 Å². The average molecular weight is 971 g/mol. The first-order chi connectivity index (χ1) is 37.2. The molecule has 1 aliphatic rings. The summed E-state index contributed by atoms with van der Waals surface area (Å²) >= 11 is 1.88. The highest BCUT2D eigenvalue weighted by Gasteiger charge is 2.31. The Bertz CT molecular complexity index is 4670. The van der Waals surface area contributed by atoms with E-state index in [0.29, 0.717) is 0 Å². The molecule has 15 rings (SSSR count). The minimum Gasteiger partial charge on any atom is -0.308 e. The molecule has 2 heterocycles. The van der Waals surface area contributed by atoms with Gasteiger partial charge in [-0.1, -0.05) is 212 Å². The van der Waals surface area contributed by atoms with E-state index in [4.69, 9.17) is 0 Å². The van der Waals surface area contributed by atoms with Crippen molar-refractivity contribution in [2.75, 3.05) is 9.80 Å². The van der Waals surface area contributed by atoms with Crippen LogP contribution in [0.5, 0.6) is 0 Å². The lowest BCUT2D eigenvalue weighted by Crippen LogP contribution is -2.17. The summed E-state index contributed by atoms with van der Waals surface area (Å²) in [5, 5.41) is 14.6. The Kier molecular flexibility index (Phi) is 10.1. The third-order valence-electron chi connectivity index (χ3n) is 15.4. The minimum absolute atomic E-state index is 1.05. The van der Waals surface area contributed by atoms with Crippen molar-refractivity contribution in [2.45, 2.75) is 0 Å². The molecular weight excluding hydrogens is 925 g/mol. The van der Waals surface area contributed by atoms with Crippen LogP contribution >= 0.6 is 11.3 Å². The van der Waals surface area contributed by atoms with Gasteiger partial charge in [-0.3, -0.25) is 0 Å². The number of fused-ring (bicyclic) bond motifs is 18. The number of rotatable bonds is 5. The van der Waals surface area contributed by atoms with Crippen LogP contribution in [0.4, 0.5) is 34.1 Å². The van der Waals surface area contributed by atoms with Gasteiger partial charge >= 0.3 is 0 Å². The number of anilines is 6. The molecule has 0 amide bonds. The third-order valence-corrected chi connectivity index (χ3v) is 16.5. The normalized spacial score (nSPS) is 12.0. The van der Waals surface area contributed by atoms with E-state index in [-0.39, 0.29) is 0 Å². The molecule has 0 radical (unpaired) electrons. The molecule has 0 fully saturated rings. The Hall–Kier alpha value is -9.54. The fraction of sp³-hybridized carbons (Fsp3) is 0. The lowest BCUT2D eigenvalue weighted by molar-refractivity contribution is 1.23. The maximum atomic E-state index is 2.52. The molecule has 0 spiro atoms. The fourth-order valence-corrected chi connectivity index (χ4v) is 13.2. The van der Waals surface area contributed by atoms with E-state index in [0.717, 1.165) is 45.3 Å². The smallest absolute Gasteiger partial charge is 0.0781 e. The third kappa shape index (κ3) is 7.01. The predicted octanol–water partition coefficient (Wildman–Crippen LogP) is 21.2. The quantitative estimate of drug-likeness (QED) is 0.170. The number of hydrogen-bond acceptors (Lipinski definition) is 3. The molecule has 13 aromatic carbocycles. The summed E-state index contributed by atoms with van der Waals surface area (Å²) in [4.78, 5) is 5.01. The molecular formula is C72H46N2S. The monoisotopic (exact) mass is 970 g/mol. The van der Waals surface area contributed by atoms with Crippen LogP contribution in [0.15, 0.2) is 279 Å². The van der Waals surface area contributed by atoms with E-state index >= 15 is 0 Å². The van der Waals surface area contributed by atoms with Gasteiger partial charge in [0.05, 0.1) is 17.1 Å². The van der Waals surface area contributed by atoms with Crippen LogP contribution in [0.1, 0.15) is 0 Å². The summed E-state index contributed by atoms with van der Waals surface area (Å²) in [6, 6.07) is 104. The van der Waals surface area contributed by atoms with Gasteiger partial charge in [-0.25, -0.2) is 0 Å². The number of benzene rings is 12. The second-order valence-electron chi connectivity index (χ2n) is 19.5. The zero-order valence-corrected chi connectivity index (χ0v) is 41.7. The van der Waals surface area contributed by atoms with Crippen molar-refractivity contribution in [1.82, 2.24) is 0 Å². The van der Waals surface area contributed by atoms with Crippen LogP contribution in [0.25, 0.3) is 107 Å². The van der Waals surface area contributed by atoms with Crippen molar-refractivity contribution in [3.8, 4) is 33.4 Å². The zero-order chi connectivity index (χ0) is 49.4. The molecule has 1 aliphatic heterocycles. The van der Waals surface area contributed by atoms with E-state index in [2.05, 4.69) is 289 Å². The van der Waals surface area contributed by atoms with Crippen molar-refractivity contribution in [3.63, 3.8) is 0 Å². The summed E-state index contributed by atoms with van der Waals surface area (Å²) in [6.45, 7) is 0. The molecule has 14 aromatic rings. The first-order valence-corrected chi connectivity index (χ1v) is 26.6. The molecule has 0 saturated heterocycles. The molecule has 0 N–H and O–H groups in total. The number of nitrogens with zero attached hydrogens (tertiary/aromatic N) is 2. The van der Waals surface area contributed by atoms with E-state index in [9.17, 15) is 0 Å². The van der Waals surface area contributed by atoms with Crippen molar-refractivity contribution in [3.05, 3.63) is 279 Å². The Morgan fingerprint density at radius 1 is 0.267 bits per heavy atom. The van der Waals surface area contributed by atoms with Crippen LogP contribution in [0.3, 0.4) is 0 Å². The van der Waals surface area contributed by atoms with Crippen molar-refractivity contribution in [2.24, 2.45) is 0 Å². The highest BCUT2D eigenvalue weighted by Crippen LogP contribution is 2.56. The molecule has 1 aromatic heterocycles. The van der Waals surface area contributed by atoms with Crippen LogP contribution in [-0.4, -0.2) is 0 Å². The van der Waals surface area contributed by atoms with Crippen LogP contribution < -0.4 is 9.80 Å². The van der Waals surface area contributed by atoms with Crippen LogP contribution in [-0.2, 0) is 0 Å². The Morgan fingerprint density at radius 2 is 0.747 bits per heavy atom. The van der Waals surface area contributed by atoms with Crippen molar-refractivity contribution >= 4 is 119 Å². The molecule has 0 aliphatic carbocycles.